The second kappa shape index (κ2) is 2.46. The summed E-state index contributed by atoms with van der Waals surface area (Å²) in [5, 5.41) is 3.35. The molecule has 1 fully saturated rings. The quantitative estimate of drug-likeness (QED) is 0.502. The van der Waals surface area contributed by atoms with Gasteiger partial charge in [-0.3, -0.25) is 0 Å². The monoisotopic (exact) mass is 117 g/mol. The lowest BCUT2D eigenvalue weighted by Crippen LogP contribution is -2.45. The summed E-state index contributed by atoms with van der Waals surface area (Å²) in [4.78, 5) is 0. The predicted molar refractivity (Wildman–Crippen MR) is 35.0 cm³/mol. The lowest BCUT2D eigenvalue weighted by Gasteiger charge is -2.25. The molecule has 0 spiro atoms. The van der Waals surface area contributed by atoms with E-state index in [9.17, 15) is 0 Å². The van der Waals surface area contributed by atoms with Crippen LogP contribution in [-0.4, -0.2) is 25.3 Å². The number of rotatable bonds is 0. The largest absolute Gasteiger partial charge is 0.378 e. The number of nitrogens with one attached hydrogen (secondary N) is 1. The smallest absolute Gasteiger partial charge is 0.0617 e. The normalized spacial score (nSPS) is 39.8. The Morgan fingerprint density at radius 1 is 1.38 bits per heavy atom. The average molecular weight is 117 g/mol. The zero-order valence-electron chi connectivity index (χ0n) is 5.48. The van der Waals surface area contributed by atoms with Crippen LogP contribution >= 0.6 is 0 Å². The van der Waals surface area contributed by atoms with Crippen molar-refractivity contribution in [2.24, 2.45) is 0 Å². The van der Waals surface area contributed by atoms with Crippen LogP contribution in [0.4, 0.5) is 0 Å². The second-order valence-corrected chi connectivity index (χ2v) is 2.51. The van der Waals surface area contributed by atoms with Crippen molar-refractivity contribution in [2.75, 3.05) is 13.2 Å². The molecule has 0 bridgehead atoms. The van der Waals surface area contributed by atoms with Gasteiger partial charge in [0.2, 0.25) is 0 Å². The molecule has 1 heterocycles. The van der Waals surface area contributed by atoms with Crippen LogP contribution in [0, 0.1) is 0 Å². The highest BCUT2D eigenvalue weighted by Gasteiger charge is 2.12. The van der Waals surface area contributed by atoms with Crippen molar-refractivity contribution in [3.8, 4) is 0 Å². The van der Waals surface area contributed by atoms with Crippen molar-refractivity contribution in [1.82, 2.24) is 5.32 Å². The minimum Gasteiger partial charge on any atom is -0.378 e. The van der Waals surface area contributed by atoms with Crippen molar-refractivity contribution in [3.63, 3.8) is 0 Å². The van der Waals surface area contributed by atoms with Gasteiger partial charge in [0.25, 0.3) is 0 Å². The molecule has 0 aromatic heterocycles. The Bertz CT molecular complexity index is 71.5. The van der Waals surface area contributed by atoms with E-state index in [1.165, 1.54) is 0 Å². The minimum atomic E-state index is 0. The van der Waals surface area contributed by atoms with E-state index < -0.39 is 0 Å². The molecule has 2 heteroatoms. The molecule has 1 N–H and O–H groups in total. The standard InChI is InChI=1S/C6H13NO.H2/c1-5-3-8-4-6(2)7-5;/h5-7H,3-4H2,1-2H3;1H/t5-,6-;/m1./s1. The Morgan fingerprint density at radius 2 is 1.88 bits per heavy atom. The maximum Gasteiger partial charge on any atom is 0.0617 e. The highest BCUT2D eigenvalue weighted by molar-refractivity contribution is 4.70. The van der Waals surface area contributed by atoms with E-state index in [0.717, 1.165) is 13.2 Å². The first-order valence-corrected chi connectivity index (χ1v) is 3.13. The topological polar surface area (TPSA) is 21.3 Å². The van der Waals surface area contributed by atoms with Crippen LogP contribution < -0.4 is 5.32 Å². The van der Waals surface area contributed by atoms with E-state index in [1.807, 2.05) is 0 Å². The average Bonchev–Trinajstić information content (AvgIpc) is 1.64. The fourth-order valence-corrected chi connectivity index (χ4v) is 1.00. The lowest BCUT2D eigenvalue weighted by molar-refractivity contribution is 0.0560. The molecule has 1 aliphatic rings. The molecule has 8 heavy (non-hydrogen) atoms. The van der Waals surface area contributed by atoms with E-state index in [1.54, 1.807) is 0 Å². The van der Waals surface area contributed by atoms with Crippen LogP contribution in [0.2, 0.25) is 0 Å². The van der Waals surface area contributed by atoms with Crippen molar-refractivity contribution < 1.29 is 6.16 Å². The van der Waals surface area contributed by atoms with Crippen LogP contribution in [0.5, 0.6) is 0 Å². The Kier molecular flexibility index (Phi) is 1.86. The molecule has 1 saturated heterocycles. The van der Waals surface area contributed by atoms with E-state index >= 15 is 0 Å². The van der Waals surface area contributed by atoms with Gasteiger partial charge in [0.05, 0.1) is 13.2 Å². The minimum absolute atomic E-state index is 0. The summed E-state index contributed by atoms with van der Waals surface area (Å²) in [6.07, 6.45) is 0. The van der Waals surface area contributed by atoms with Crippen LogP contribution in [0.15, 0.2) is 0 Å². The van der Waals surface area contributed by atoms with Gasteiger partial charge < -0.3 is 10.1 Å². The summed E-state index contributed by atoms with van der Waals surface area (Å²) in [6.45, 7) is 6.00. The van der Waals surface area contributed by atoms with Crippen LogP contribution in [0.25, 0.3) is 0 Å². The molecule has 0 amide bonds. The van der Waals surface area contributed by atoms with Crippen molar-refractivity contribution >= 4 is 0 Å². The fourth-order valence-electron chi connectivity index (χ4n) is 1.00. The summed E-state index contributed by atoms with van der Waals surface area (Å²) in [5.41, 5.74) is 0. The molecule has 0 radical (unpaired) electrons. The van der Waals surface area contributed by atoms with Gasteiger partial charge in [-0.15, -0.1) is 0 Å². The van der Waals surface area contributed by atoms with E-state index in [0.29, 0.717) is 12.1 Å². The molecular weight excluding hydrogens is 102 g/mol. The molecule has 50 valence electrons. The van der Waals surface area contributed by atoms with Crippen LogP contribution in [-0.2, 0) is 4.74 Å². The molecule has 0 saturated carbocycles. The maximum atomic E-state index is 5.23. The van der Waals surface area contributed by atoms with Crippen molar-refractivity contribution in [3.05, 3.63) is 0 Å². The molecule has 0 aromatic carbocycles. The highest BCUT2D eigenvalue weighted by Crippen LogP contribution is 1.96. The van der Waals surface area contributed by atoms with Gasteiger partial charge in [0.1, 0.15) is 0 Å². The summed E-state index contributed by atoms with van der Waals surface area (Å²) in [6, 6.07) is 1.08. The van der Waals surface area contributed by atoms with Gasteiger partial charge in [-0.1, -0.05) is 0 Å². The number of ether oxygens (including phenoxy) is 1. The zero-order chi connectivity index (χ0) is 5.98. The number of hydrogen-bond donors (Lipinski definition) is 1. The molecule has 0 aromatic rings. The molecule has 1 aliphatic heterocycles. The Hall–Kier alpha value is -0.0800. The summed E-state index contributed by atoms with van der Waals surface area (Å²) in [5.74, 6) is 0. The van der Waals surface area contributed by atoms with Crippen molar-refractivity contribution in [1.29, 1.82) is 0 Å². The predicted octanol–water partition coefficient (Wildman–Crippen LogP) is 0.629. The third kappa shape index (κ3) is 1.46. The highest BCUT2D eigenvalue weighted by atomic mass is 16.5. The first-order chi connectivity index (χ1) is 3.79. The van der Waals surface area contributed by atoms with Gasteiger partial charge in [-0.25, -0.2) is 0 Å². The molecule has 2 atom stereocenters. The van der Waals surface area contributed by atoms with Crippen molar-refractivity contribution in [2.45, 2.75) is 25.9 Å². The van der Waals surface area contributed by atoms with E-state index in [-0.39, 0.29) is 1.43 Å². The molecule has 0 aliphatic carbocycles. The summed E-state index contributed by atoms with van der Waals surface area (Å²) < 4.78 is 5.23. The number of morpholine rings is 1. The maximum absolute atomic E-state index is 5.23. The third-order valence-electron chi connectivity index (χ3n) is 1.30. The summed E-state index contributed by atoms with van der Waals surface area (Å²) >= 11 is 0. The molecule has 2 nitrogen and oxygen atoms in total. The van der Waals surface area contributed by atoms with Gasteiger partial charge in [-0.2, -0.15) is 0 Å². The first-order valence-electron chi connectivity index (χ1n) is 3.13. The van der Waals surface area contributed by atoms with Gasteiger partial charge in [0, 0.05) is 13.5 Å². The molecule has 1 rings (SSSR count). The van der Waals surface area contributed by atoms with Gasteiger partial charge >= 0.3 is 0 Å². The Balaban J connectivity index is 0.000000640. The Labute approximate surface area is 51.7 Å². The van der Waals surface area contributed by atoms with E-state index in [4.69, 9.17) is 4.74 Å². The second-order valence-electron chi connectivity index (χ2n) is 2.51. The molecular formula is C6H15NO. The first kappa shape index (κ1) is 6.05. The Morgan fingerprint density at radius 3 is 2.12 bits per heavy atom. The van der Waals surface area contributed by atoms with Gasteiger partial charge in [-0.05, 0) is 13.8 Å². The van der Waals surface area contributed by atoms with Crippen LogP contribution in [0.1, 0.15) is 15.3 Å². The fraction of sp³-hybridized carbons (Fsp3) is 1.00. The van der Waals surface area contributed by atoms with Crippen LogP contribution in [0.3, 0.4) is 0 Å². The van der Waals surface area contributed by atoms with E-state index in [2.05, 4.69) is 19.2 Å². The third-order valence-corrected chi connectivity index (χ3v) is 1.30. The van der Waals surface area contributed by atoms with Gasteiger partial charge in [0.15, 0.2) is 0 Å². The zero-order valence-corrected chi connectivity index (χ0v) is 5.48. The number of hydrogen-bond acceptors (Lipinski definition) is 2. The molecule has 0 unspecified atom stereocenters. The lowest BCUT2D eigenvalue weighted by atomic mass is 10.2. The summed E-state index contributed by atoms with van der Waals surface area (Å²) in [7, 11) is 0. The SMILES string of the molecule is C[C@@H]1COC[C@@H](C)N1.[HH].